The summed E-state index contributed by atoms with van der Waals surface area (Å²) >= 11 is 3.50. The minimum absolute atomic E-state index is 0.134. The number of nitrogens with one attached hydrogen (secondary N) is 1. The molecule has 1 fully saturated rings. The molecular formula is C14H19BrFN. The first-order valence-corrected chi connectivity index (χ1v) is 7.14. The molecule has 1 nitrogen and oxygen atoms in total. The van der Waals surface area contributed by atoms with E-state index >= 15 is 0 Å². The lowest BCUT2D eigenvalue weighted by atomic mass is 9.70. The van der Waals surface area contributed by atoms with Crippen LogP contribution in [0.1, 0.15) is 25.3 Å². The van der Waals surface area contributed by atoms with Crippen LogP contribution in [0.4, 0.5) is 4.39 Å². The van der Waals surface area contributed by atoms with Crippen molar-refractivity contribution in [3.8, 4) is 0 Å². The van der Waals surface area contributed by atoms with Gasteiger partial charge in [0.25, 0.3) is 0 Å². The molecule has 0 heterocycles. The van der Waals surface area contributed by atoms with Crippen LogP contribution in [0.5, 0.6) is 0 Å². The minimum atomic E-state index is -0.134. The van der Waals surface area contributed by atoms with E-state index in [0.717, 1.165) is 35.5 Å². The fourth-order valence-corrected chi connectivity index (χ4v) is 2.90. The summed E-state index contributed by atoms with van der Waals surface area (Å²) < 4.78 is 14.2. The van der Waals surface area contributed by atoms with E-state index in [2.05, 4.69) is 28.2 Å². The Morgan fingerprint density at radius 1 is 1.35 bits per heavy atom. The van der Waals surface area contributed by atoms with Crippen molar-refractivity contribution in [1.29, 1.82) is 0 Å². The highest BCUT2D eigenvalue weighted by Crippen LogP contribution is 2.37. The maximum Gasteiger partial charge on any atom is 0.123 e. The zero-order valence-electron chi connectivity index (χ0n) is 10.2. The Kier molecular flexibility index (Phi) is 4.57. The van der Waals surface area contributed by atoms with Crippen LogP contribution in [0.15, 0.2) is 22.7 Å². The average molecular weight is 300 g/mol. The minimum Gasteiger partial charge on any atom is -0.317 e. The molecule has 0 radical (unpaired) electrons. The third-order valence-corrected chi connectivity index (χ3v) is 4.49. The molecule has 0 saturated heterocycles. The summed E-state index contributed by atoms with van der Waals surface area (Å²) in [5.41, 5.74) is 1.11. The van der Waals surface area contributed by atoms with Gasteiger partial charge in [0, 0.05) is 4.47 Å². The van der Waals surface area contributed by atoms with Crippen LogP contribution < -0.4 is 5.32 Å². The third-order valence-electron chi connectivity index (χ3n) is 3.72. The molecule has 17 heavy (non-hydrogen) atoms. The first-order chi connectivity index (χ1) is 8.20. The number of rotatable bonds is 5. The Morgan fingerprint density at radius 2 is 2.12 bits per heavy atom. The van der Waals surface area contributed by atoms with Crippen molar-refractivity contribution in [3.05, 3.63) is 34.1 Å². The Balaban J connectivity index is 1.94. The van der Waals surface area contributed by atoms with Crippen molar-refractivity contribution in [2.75, 3.05) is 13.1 Å². The second-order valence-corrected chi connectivity index (χ2v) is 5.70. The number of hydrogen-bond acceptors (Lipinski definition) is 1. The topological polar surface area (TPSA) is 12.0 Å². The fraction of sp³-hybridized carbons (Fsp3) is 0.571. The Morgan fingerprint density at radius 3 is 2.76 bits per heavy atom. The quantitative estimate of drug-likeness (QED) is 0.873. The first kappa shape index (κ1) is 13.0. The van der Waals surface area contributed by atoms with Gasteiger partial charge in [0.1, 0.15) is 5.82 Å². The molecule has 0 aliphatic heterocycles. The molecule has 0 spiro atoms. The third kappa shape index (κ3) is 3.29. The van der Waals surface area contributed by atoms with Gasteiger partial charge in [0.15, 0.2) is 0 Å². The van der Waals surface area contributed by atoms with Gasteiger partial charge < -0.3 is 5.32 Å². The summed E-state index contributed by atoms with van der Waals surface area (Å²) in [6.07, 6.45) is 3.58. The highest BCUT2D eigenvalue weighted by Gasteiger charge is 2.30. The van der Waals surface area contributed by atoms with E-state index in [4.69, 9.17) is 0 Å². The van der Waals surface area contributed by atoms with Gasteiger partial charge >= 0.3 is 0 Å². The molecule has 0 bridgehead atoms. The zero-order chi connectivity index (χ0) is 12.3. The van der Waals surface area contributed by atoms with Crippen molar-refractivity contribution in [2.24, 2.45) is 11.8 Å². The van der Waals surface area contributed by atoms with Crippen LogP contribution in [0.3, 0.4) is 0 Å². The molecule has 1 aliphatic rings. The molecule has 1 aliphatic carbocycles. The van der Waals surface area contributed by atoms with E-state index in [1.165, 1.54) is 18.9 Å². The maximum atomic E-state index is 13.2. The van der Waals surface area contributed by atoms with Gasteiger partial charge in [-0.25, -0.2) is 4.39 Å². The smallest absolute Gasteiger partial charge is 0.123 e. The lowest BCUT2D eigenvalue weighted by Gasteiger charge is -2.37. The number of hydrogen-bond donors (Lipinski definition) is 1. The second-order valence-electron chi connectivity index (χ2n) is 4.85. The van der Waals surface area contributed by atoms with Crippen LogP contribution in [-0.2, 0) is 6.42 Å². The van der Waals surface area contributed by atoms with Crippen LogP contribution in [0, 0.1) is 17.7 Å². The van der Waals surface area contributed by atoms with E-state index < -0.39 is 0 Å². The Labute approximate surface area is 111 Å². The number of benzene rings is 1. The van der Waals surface area contributed by atoms with Gasteiger partial charge in [-0.3, -0.25) is 0 Å². The summed E-state index contributed by atoms with van der Waals surface area (Å²) in [4.78, 5) is 0. The van der Waals surface area contributed by atoms with E-state index in [1.807, 2.05) is 6.07 Å². The van der Waals surface area contributed by atoms with Crippen LogP contribution in [-0.4, -0.2) is 13.1 Å². The predicted octanol–water partition coefficient (Wildman–Crippen LogP) is 3.77. The van der Waals surface area contributed by atoms with Gasteiger partial charge in [0.2, 0.25) is 0 Å². The van der Waals surface area contributed by atoms with Crippen LogP contribution in [0.25, 0.3) is 0 Å². The molecule has 0 aromatic heterocycles. The highest BCUT2D eigenvalue weighted by atomic mass is 79.9. The molecule has 2 unspecified atom stereocenters. The summed E-state index contributed by atoms with van der Waals surface area (Å²) in [6.45, 7) is 4.28. The van der Waals surface area contributed by atoms with Crippen molar-refractivity contribution >= 4 is 15.9 Å². The van der Waals surface area contributed by atoms with E-state index in [9.17, 15) is 4.39 Å². The summed E-state index contributed by atoms with van der Waals surface area (Å²) in [5.74, 6) is 1.35. The van der Waals surface area contributed by atoms with E-state index in [1.54, 1.807) is 6.07 Å². The second kappa shape index (κ2) is 5.96. The normalized spacial score (nSPS) is 23.5. The van der Waals surface area contributed by atoms with Gasteiger partial charge in [-0.1, -0.05) is 22.9 Å². The molecule has 3 heteroatoms. The van der Waals surface area contributed by atoms with Gasteiger partial charge in [-0.15, -0.1) is 0 Å². The maximum absolute atomic E-state index is 13.2. The predicted molar refractivity (Wildman–Crippen MR) is 72.6 cm³/mol. The lowest BCUT2D eigenvalue weighted by Crippen LogP contribution is -2.36. The molecule has 1 saturated carbocycles. The molecular weight excluding hydrogens is 281 g/mol. The monoisotopic (exact) mass is 299 g/mol. The summed E-state index contributed by atoms with van der Waals surface area (Å²) in [5, 5.41) is 3.41. The number of halogens is 2. The van der Waals surface area contributed by atoms with E-state index in [0.29, 0.717) is 5.92 Å². The van der Waals surface area contributed by atoms with Crippen molar-refractivity contribution in [2.45, 2.75) is 26.2 Å². The Bertz CT molecular complexity index is 380. The van der Waals surface area contributed by atoms with E-state index in [-0.39, 0.29) is 5.82 Å². The molecule has 1 aromatic rings. The molecule has 94 valence electrons. The lowest BCUT2D eigenvalue weighted by molar-refractivity contribution is 0.171. The van der Waals surface area contributed by atoms with Crippen LogP contribution in [0.2, 0.25) is 0 Å². The zero-order valence-corrected chi connectivity index (χ0v) is 11.8. The van der Waals surface area contributed by atoms with Gasteiger partial charge in [0.05, 0.1) is 0 Å². The Hall–Kier alpha value is -0.410. The molecule has 0 amide bonds. The largest absolute Gasteiger partial charge is 0.317 e. The highest BCUT2D eigenvalue weighted by molar-refractivity contribution is 9.10. The SMILES string of the molecule is CCNCC1CCC1Cc1cc(F)ccc1Br. The molecule has 1 aromatic carbocycles. The van der Waals surface area contributed by atoms with Crippen molar-refractivity contribution in [3.63, 3.8) is 0 Å². The average Bonchev–Trinajstić information content (AvgIpc) is 2.29. The van der Waals surface area contributed by atoms with Crippen molar-refractivity contribution in [1.82, 2.24) is 5.32 Å². The first-order valence-electron chi connectivity index (χ1n) is 6.35. The molecule has 1 N–H and O–H groups in total. The van der Waals surface area contributed by atoms with Crippen LogP contribution >= 0.6 is 15.9 Å². The van der Waals surface area contributed by atoms with Gasteiger partial charge in [-0.05, 0) is 68.0 Å². The van der Waals surface area contributed by atoms with Gasteiger partial charge in [-0.2, -0.15) is 0 Å². The molecule has 2 atom stereocenters. The summed E-state index contributed by atoms with van der Waals surface area (Å²) in [7, 11) is 0. The van der Waals surface area contributed by atoms with Crippen molar-refractivity contribution < 1.29 is 4.39 Å². The standard InChI is InChI=1S/C14H19BrFN/c1-2-17-9-11-4-3-10(11)7-12-8-13(16)5-6-14(12)15/h5-6,8,10-11,17H,2-4,7,9H2,1H3. The fourth-order valence-electron chi connectivity index (χ4n) is 2.49. The molecule has 2 rings (SSSR count). The summed E-state index contributed by atoms with van der Waals surface area (Å²) in [6, 6.07) is 4.97.